The van der Waals surface area contributed by atoms with Gasteiger partial charge in [0.05, 0.1) is 23.5 Å². The number of benzene rings is 1. The van der Waals surface area contributed by atoms with Crippen LogP contribution < -0.4 is 15.4 Å². The van der Waals surface area contributed by atoms with E-state index in [1.54, 1.807) is 12.3 Å². The van der Waals surface area contributed by atoms with Gasteiger partial charge < -0.3 is 15.4 Å². The van der Waals surface area contributed by atoms with Gasteiger partial charge in [-0.2, -0.15) is 0 Å². The second-order valence-electron chi connectivity index (χ2n) is 8.29. The van der Waals surface area contributed by atoms with E-state index in [0.29, 0.717) is 36.7 Å². The molecule has 1 aromatic carbocycles. The maximum absolute atomic E-state index is 12.7. The fraction of sp³-hybridized carbons (Fsp3) is 0.458. The normalized spacial score (nSPS) is 16.9. The first-order chi connectivity index (χ1) is 14.6. The number of nitrogens with one attached hydrogen (secondary N) is 2. The summed E-state index contributed by atoms with van der Waals surface area (Å²) in [6.45, 7) is 8.22. The fourth-order valence-corrected chi connectivity index (χ4v) is 3.99. The lowest BCUT2D eigenvalue weighted by Gasteiger charge is -2.23. The number of pyridine rings is 1. The maximum atomic E-state index is 12.7. The molecule has 0 aliphatic carbocycles. The van der Waals surface area contributed by atoms with Crippen LogP contribution >= 0.6 is 0 Å². The predicted molar refractivity (Wildman–Crippen MR) is 119 cm³/mol. The van der Waals surface area contributed by atoms with E-state index in [4.69, 9.17) is 9.73 Å². The van der Waals surface area contributed by atoms with Crippen LogP contribution in [-0.4, -0.2) is 42.7 Å². The molecule has 0 saturated carbocycles. The summed E-state index contributed by atoms with van der Waals surface area (Å²) in [7, 11) is 0. The van der Waals surface area contributed by atoms with Crippen molar-refractivity contribution in [1.82, 2.24) is 15.6 Å². The third kappa shape index (κ3) is 4.94. The zero-order chi connectivity index (χ0) is 20.9. The second-order valence-corrected chi connectivity index (χ2v) is 8.29. The number of Topliss-reactive ketones (excluding diaryl/α,β-unsaturated/α-hetero) is 1. The number of aliphatic imine (C=N–C) groups is 1. The van der Waals surface area contributed by atoms with E-state index in [1.807, 2.05) is 18.2 Å². The molecule has 0 radical (unpaired) electrons. The first-order valence-corrected chi connectivity index (χ1v) is 10.8. The Labute approximate surface area is 178 Å². The van der Waals surface area contributed by atoms with Gasteiger partial charge in [0.1, 0.15) is 12.4 Å². The van der Waals surface area contributed by atoms with Crippen LogP contribution in [0.2, 0.25) is 0 Å². The van der Waals surface area contributed by atoms with E-state index in [9.17, 15) is 4.79 Å². The van der Waals surface area contributed by atoms with Crippen LogP contribution in [-0.2, 0) is 6.54 Å². The summed E-state index contributed by atoms with van der Waals surface area (Å²) in [6.07, 6.45) is 4.40. The van der Waals surface area contributed by atoms with Crippen molar-refractivity contribution in [2.75, 3.05) is 26.2 Å². The van der Waals surface area contributed by atoms with E-state index < -0.39 is 0 Å². The highest BCUT2D eigenvalue weighted by Gasteiger charge is 2.23. The Morgan fingerprint density at radius 2 is 2.00 bits per heavy atom. The molecular weight excluding hydrogens is 376 g/mol. The number of nitrogens with zero attached hydrogens (tertiary/aromatic N) is 2. The Hall–Kier alpha value is -2.57. The van der Waals surface area contributed by atoms with Crippen molar-refractivity contribution < 1.29 is 9.53 Å². The zero-order valence-corrected chi connectivity index (χ0v) is 17.8. The highest BCUT2D eigenvalue weighted by molar-refractivity contribution is 6.16. The third-order valence-corrected chi connectivity index (χ3v) is 6.00. The van der Waals surface area contributed by atoms with Crippen LogP contribution in [0.4, 0.5) is 5.69 Å². The molecule has 1 fully saturated rings. The molecule has 2 aromatic rings. The smallest absolute Gasteiger partial charge is 0.170 e. The molecule has 3 heterocycles. The van der Waals surface area contributed by atoms with Crippen LogP contribution in [0.3, 0.4) is 0 Å². The van der Waals surface area contributed by atoms with Crippen LogP contribution in [0.25, 0.3) is 0 Å². The first-order valence-electron chi connectivity index (χ1n) is 10.8. The van der Waals surface area contributed by atoms with Gasteiger partial charge in [-0.25, -0.2) is 0 Å². The molecule has 0 unspecified atom stereocenters. The molecule has 6 nitrogen and oxygen atoms in total. The number of carbonyl (C=O) groups excluding carboxylic acids is 1. The number of fused-ring (bicyclic) bond motifs is 1. The molecule has 6 heteroatoms. The average molecular weight is 407 g/mol. The van der Waals surface area contributed by atoms with Gasteiger partial charge in [-0.1, -0.05) is 6.07 Å². The summed E-state index contributed by atoms with van der Waals surface area (Å²) in [5.74, 6) is 1.58. The van der Waals surface area contributed by atoms with Crippen molar-refractivity contribution in [3.8, 4) is 5.75 Å². The van der Waals surface area contributed by atoms with E-state index >= 15 is 0 Å². The monoisotopic (exact) mass is 406 g/mol. The van der Waals surface area contributed by atoms with Crippen molar-refractivity contribution >= 4 is 17.2 Å². The molecule has 2 aliphatic rings. The maximum Gasteiger partial charge on any atom is 0.170 e. The summed E-state index contributed by atoms with van der Waals surface area (Å²) in [5, 5.41) is 6.91. The van der Waals surface area contributed by atoms with E-state index in [-0.39, 0.29) is 5.78 Å². The number of rotatable bonds is 7. The molecule has 0 bridgehead atoms. The van der Waals surface area contributed by atoms with Gasteiger partial charge in [0.15, 0.2) is 5.78 Å². The lowest BCUT2D eigenvalue weighted by Crippen LogP contribution is -2.33. The van der Waals surface area contributed by atoms with Crippen molar-refractivity contribution in [2.45, 2.75) is 39.7 Å². The SMILES string of the molecule is Cc1ccc(OCC2=Nc3c(ccnc3CNCC3CCNCC3)C(=O)C2)cc1C. The van der Waals surface area contributed by atoms with E-state index in [2.05, 4.69) is 29.5 Å². The predicted octanol–water partition coefficient (Wildman–Crippen LogP) is 3.53. The number of ketones is 1. The number of carbonyl (C=O) groups is 1. The van der Waals surface area contributed by atoms with Crippen LogP contribution in [0.1, 0.15) is 46.4 Å². The van der Waals surface area contributed by atoms with Crippen LogP contribution in [0, 0.1) is 19.8 Å². The lowest BCUT2D eigenvalue weighted by molar-refractivity contribution is 0.0998. The van der Waals surface area contributed by atoms with Gasteiger partial charge in [-0.3, -0.25) is 14.8 Å². The number of hydrogen-bond donors (Lipinski definition) is 2. The van der Waals surface area contributed by atoms with Gasteiger partial charge in [0.2, 0.25) is 0 Å². The Kier molecular flexibility index (Phi) is 6.55. The average Bonchev–Trinajstić information content (AvgIpc) is 2.76. The van der Waals surface area contributed by atoms with Gasteiger partial charge in [0.25, 0.3) is 0 Å². The van der Waals surface area contributed by atoms with Gasteiger partial charge in [-0.15, -0.1) is 0 Å². The Morgan fingerprint density at radius 1 is 1.17 bits per heavy atom. The topological polar surface area (TPSA) is 75.6 Å². The second kappa shape index (κ2) is 9.49. The number of hydrogen-bond acceptors (Lipinski definition) is 6. The summed E-state index contributed by atoms with van der Waals surface area (Å²) < 4.78 is 5.92. The number of aromatic nitrogens is 1. The van der Waals surface area contributed by atoms with Crippen LogP contribution in [0.15, 0.2) is 35.5 Å². The molecule has 30 heavy (non-hydrogen) atoms. The minimum atomic E-state index is 0.0840. The molecule has 2 aliphatic heterocycles. The summed E-state index contributed by atoms with van der Waals surface area (Å²) in [5.41, 5.74) is 5.36. The van der Waals surface area contributed by atoms with Crippen molar-refractivity contribution in [1.29, 1.82) is 0 Å². The number of piperidine rings is 1. The van der Waals surface area contributed by atoms with Crippen molar-refractivity contribution in [3.05, 3.63) is 52.8 Å². The fourth-order valence-electron chi connectivity index (χ4n) is 3.99. The van der Waals surface area contributed by atoms with Crippen LogP contribution in [0.5, 0.6) is 5.75 Å². The summed E-state index contributed by atoms with van der Waals surface area (Å²) in [6, 6.07) is 7.80. The quantitative estimate of drug-likeness (QED) is 0.736. The minimum Gasteiger partial charge on any atom is -0.488 e. The number of ether oxygens (including phenoxy) is 1. The largest absolute Gasteiger partial charge is 0.488 e. The van der Waals surface area contributed by atoms with Crippen molar-refractivity contribution in [2.24, 2.45) is 10.9 Å². The minimum absolute atomic E-state index is 0.0840. The van der Waals surface area contributed by atoms with Gasteiger partial charge in [0, 0.05) is 18.3 Å². The highest BCUT2D eigenvalue weighted by atomic mass is 16.5. The van der Waals surface area contributed by atoms with E-state index in [0.717, 1.165) is 36.8 Å². The molecule has 4 rings (SSSR count). The third-order valence-electron chi connectivity index (χ3n) is 6.00. The Morgan fingerprint density at radius 3 is 2.80 bits per heavy atom. The zero-order valence-electron chi connectivity index (χ0n) is 17.8. The molecule has 0 atom stereocenters. The molecule has 1 aromatic heterocycles. The molecular formula is C24H30N4O2. The molecule has 2 N–H and O–H groups in total. The number of aryl methyl sites for hydroxylation is 2. The summed E-state index contributed by atoms with van der Waals surface area (Å²) in [4.78, 5) is 22.0. The first kappa shape index (κ1) is 20.7. The molecule has 0 spiro atoms. The molecule has 158 valence electrons. The Balaban J connectivity index is 1.43. The van der Waals surface area contributed by atoms with Gasteiger partial charge >= 0.3 is 0 Å². The molecule has 1 saturated heterocycles. The Bertz CT molecular complexity index is 948. The molecule has 0 amide bonds. The standard InChI is InChI=1S/C24H30N4O2/c1-16-3-4-20(11-17(16)2)30-15-19-12-23(29)21-7-10-27-22(24(21)28-19)14-26-13-18-5-8-25-9-6-18/h3-4,7,10-11,18,25-26H,5-6,8-9,12-15H2,1-2H3. The van der Waals surface area contributed by atoms with Crippen molar-refractivity contribution in [3.63, 3.8) is 0 Å². The van der Waals surface area contributed by atoms with E-state index in [1.165, 1.54) is 24.0 Å². The van der Waals surface area contributed by atoms with Gasteiger partial charge in [-0.05, 0) is 81.6 Å². The lowest BCUT2D eigenvalue weighted by atomic mass is 9.98. The summed E-state index contributed by atoms with van der Waals surface area (Å²) >= 11 is 0. The highest BCUT2D eigenvalue weighted by Crippen LogP contribution is 2.29.